The Bertz CT molecular complexity index is 1410. The summed E-state index contributed by atoms with van der Waals surface area (Å²) in [6.45, 7) is 8.64. The van der Waals surface area contributed by atoms with E-state index in [0.29, 0.717) is 11.3 Å². The molecule has 0 spiro atoms. The summed E-state index contributed by atoms with van der Waals surface area (Å²) < 4.78 is 5.40. The molecule has 40 heavy (non-hydrogen) atoms. The van der Waals surface area contributed by atoms with Crippen LogP contribution < -0.4 is 10.6 Å². The van der Waals surface area contributed by atoms with Crippen LogP contribution in [0, 0.1) is 26.3 Å². The summed E-state index contributed by atoms with van der Waals surface area (Å²) in [5.41, 5.74) is 1.93. The number of terminal acetylenes is 1. The van der Waals surface area contributed by atoms with Crippen molar-refractivity contribution in [1.29, 1.82) is 0 Å². The number of phenolic OH excluding ortho intramolecular Hbond substituents is 1. The maximum atomic E-state index is 14.1. The number of nitrogens with zero attached hydrogens (tertiary/aromatic N) is 1. The van der Waals surface area contributed by atoms with Gasteiger partial charge in [0.25, 0.3) is 11.8 Å². The number of hydrogen-bond donors (Lipinski definition) is 3. The van der Waals surface area contributed by atoms with Crippen molar-refractivity contribution in [2.24, 2.45) is 0 Å². The number of anilines is 1. The first-order valence-corrected chi connectivity index (χ1v) is 12.9. The van der Waals surface area contributed by atoms with Gasteiger partial charge in [0.1, 0.15) is 17.4 Å². The molecule has 3 amide bonds. The summed E-state index contributed by atoms with van der Waals surface area (Å²) in [5, 5.41) is 16.4. The first kappa shape index (κ1) is 29.8. The highest BCUT2D eigenvalue weighted by Gasteiger charge is 2.37. The number of para-hydroxylation sites is 2. The van der Waals surface area contributed by atoms with Crippen LogP contribution in [-0.2, 0) is 20.7 Å². The van der Waals surface area contributed by atoms with Crippen molar-refractivity contribution < 1.29 is 24.2 Å². The molecule has 0 saturated carbocycles. The van der Waals surface area contributed by atoms with E-state index in [1.54, 1.807) is 52.0 Å². The normalized spacial score (nSPS) is 12.4. The van der Waals surface area contributed by atoms with Crippen LogP contribution in [0.3, 0.4) is 0 Å². The number of hydrogen-bond acceptors (Lipinski definition) is 5. The number of ether oxygens (including phenoxy) is 1. The van der Waals surface area contributed by atoms with Crippen LogP contribution in [0.2, 0.25) is 0 Å². The lowest BCUT2D eigenvalue weighted by Crippen LogP contribution is -2.51. The van der Waals surface area contributed by atoms with E-state index in [-0.39, 0.29) is 17.7 Å². The highest BCUT2D eigenvalue weighted by molar-refractivity contribution is 6.00. The van der Waals surface area contributed by atoms with Crippen molar-refractivity contribution in [3.05, 3.63) is 95.1 Å². The lowest BCUT2D eigenvalue weighted by atomic mass is 9.98. The summed E-state index contributed by atoms with van der Waals surface area (Å²) in [7, 11) is 0. The van der Waals surface area contributed by atoms with Crippen molar-refractivity contribution in [2.75, 3.05) is 5.32 Å². The summed E-state index contributed by atoms with van der Waals surface area (Å²) in [6, 6.07) is 20.9. The third-order valence-corrected chi connectivity index (χ3v) is 6.12. The van der Waals surface area contributed by atoms with Crippen molar-refractivity contribution in [2.45, 2.75) is 58.7 Å². The van der Waals surface area contributed by atoms with E-state index in [1.807, 2.05) is 49.4 Å². The van der Waals surface area contributed by atoms with E-state index in [4.69, 9.17) is 11.2 Å². The van der Waals surface area contributed by atoms with Crippen LogP contribution in [-0.4, -0.2) is 39.6 Å². The average molecular weight is 542 g/mol. The van der Waals surface area contributed by atoms with Gasteiger partial charge in [-0.15, -0.1) is 0 Å². The summed E-state index contributed by atoms with van der Waals surface area (Å²) in [6.07, 6.45) is 5.15. The Morgan fingerprint density at radius 2 is 1.57 bits per heavy atom. The van der Waals surface area contributed by atoms with Gasteiger partial charge in [-0.1, -0.05) is 73.2 Å². The van der Waals surface area contributed by atoms with Gasteiger partial charge in [0, 0.05) is 23.7 Å². The summed E-state index contributed by atoms with van der Waals surface area (Å²) in [5.74, 6) is -1.51. The molecule has 2 atom stereocenters. The second-order valence-corrected chi connectivity index (χ2v) is 10.4. The van der Waals surface area contributed by atoms with Gasteiger partial charge in [-0.3, -0.25) is 14.5 Å². The Hall–Kier alpha value is -4.77. The molecule has 0 saturated heterocycles. The molecule has 0 bridgehead atoms. The van der Waals surface area contributed by atoms with Crippen molar-refractivity contribution >= 4 is 23.6 Å². The summed E-state index contributed by atoms with van der Waals surface area (Å²) >= 11 is 0. The lowest BCUT2D eigenvalue weighted by molar-refractivity contribution is -0.136. The maximum absolute atomic E-state index is 14.1. The molecule has 8 heteroatoms. The largest absolute Gasteiger partial charge is 0.507 e. The van der Waals surface area contributed by atoms with Gasteiger partial charge in [0.2, 0.25) is 0 Å². The van der Waals surface area contributed by atoms with Crippen molar-refractivity contribution in [3.8, 4) is 18.2 Å². The van der Waals surface area contributed by atoms with Gasteiger partial charge < -0.3 is 20.5 Å². The first-order chi connectivity index (χ1) is 18.9. The Balaban J connectivity index is 2.06. The number of amides is 3. The Morgan fingerprint density at radius 1 is 0.950 bits per heavy atom. The molecule has 0 aromatic heterocycles. The molecule has 0 fully saturated rings. The predicted octanol–water partition coefficient (Wildman–Crippen LogP) is 5.24. The van der Waals surface area contributed by atoms with Crippen molar-refractivity contribution in [1.82, 2.24) is 10.2 Å². The Kier molecular flexibility index (Phi) is 9.57. The molecule has 8 nitrogen and oxygen atoms in total. The molecule has 0 aliphatic carbocycles. The van der Waals surface area contributed by atoms with E-state index >= 15 is 0 Å². The molecular weight excluding hydrogens is 506 g/mol. The van der Waals surface area contributed by atoms with Crippen LogP contribution in [0.15, 0.2) is 72.8 Å². The standard InChI is InChI=1S/C32H35N3O5/c1-7-35(30(38)26(20-23-16-9-8-10-17-23)34-31(39)40-32(4,5)6)27(24-18-13-15-22(3)28(24)36)29(37)33-25-19-12-11-14-21(25)2/h1,8-19,26-27,36H,20H2,2-6H3,(H,33,37)(H,34,39). The summed E-state index contributed by atoms with van der Waals surface area (Å²) in [4.78, 5) is 41.5. The predicted molar refractivity (Wildman–Crippen MR) is 154 cm³/mol. The van der Waals surface area contributed by atoms with Gasteiger partial charge in [-0.2, -0.15) is 0 Å². The molecule has 3 aromatic rings. The highest BCUT2D eigenvalue weighted by Crippen LogP contribution is 2.33. The van der Waals surface area contributed by atoms with Gasteiger partial charge in [0.15, 0.2) is 6.04 Å². The average Bonchev–Trinajstić information content (AvgIpc) is 2.89. The molecular formula is C32H35N3O5. The van der Waals surface area contributed by atoms with Crippen LogP contribution >= 0.6 is 0 Å². The van der Waals surface area contributed by atoms with Gasteiger partial charge in [0.05, 0.1) is 0 Å². The van der Waals surface area contributed by atoms with E-state index in [9.17, 15) is 19.5 Å². The molecule has 0 aliphatic rings. The second-order valence-electron chi connectivity index (χ2n) is 10.4. The van der Waals surface area contributed by atoms with E-state index in [2.05, 4.69) is 16.7 Å². The minimum absolute atomic E-state index is 0.0863. The molecule has 3 rings (SSSR count). The Labute approximate surface area is 235 Å². The fraction of sp³-hybridized carbons (Fsp3) is 0.281. The number of aromatic hydroxyl groups is 1. The lowest BCUT2D eigenvalue weighted by Gasteiger charge is -2.31. The highest BCUT2D eigenvalue weighted by atomic mass is 16.6. The van der Waals surface area contributed by atoms with Gasteiger partial charge >= 0.3 is 6.09 Å². The number of benzene rings is 3. The number of nitrogens with one attached hydrogen (secondary N) is 2. The van der Waals surface area contributed by atoms with E-state index < -0.39 is 35.6 Å². The zero-order valence-corrected chi connectivity index (χ0v) is 23.4. The molecule has 3 N–H and O–H groups in total. The molecule has 208 valence electrons. The first-order valence-electron chi connectivity index (χ1n) is 12.9. The van der Waals surface area contributed by atoms with Crippen LogP contribution in [0.1, 0.15) is 49.1 Å². The number of aryl methyl sites for hydroxylation is 2. The number of carbonyl (C=O) groups is 3. The van der Waals surface area contributed by atoms with Crippen LogP contribution in [0.25, 0.3) is 0 Å². The van der Waals surface area contributed by atoms with Gasteiger partial charge in [-0.25, -0.2) is 4.79 Å². The fourth-order valence-corrected chi connectivity index (χ4v) is 4.15. The fourth-order valence-electron chi connectivity index (χ4n) is 4.15. The number of carbonyl (C=O) groups excluding carboxylic acids is 3. The third kappa shape index (κ3) is 7.64. The number of phenols is 1. The SMILES string of the molecule is C#CN(C(=O)C(Cc1ccccc1)NC(=O)OC(C)(C)C)C(C(=O)Nc1ccccc1C)c1cccc(C)c1O. The van der Waals surface area contributed by atoms with Crippen LogP contribution in [0.5, 0.6) is 5.75 Å². The number of rotatable bonds is 8. The zero-order valence-electron chi connectivity index (χ0n) is 23.4. The maximum Gasteiger partial charge on any atom is 0.408 e. The zero-order chi connectivity index (χ0) is 29.4. The molecule has 0 radical (unpaired) electrons. The van der Waals surface area contributed by atoms with E-state index in [0.717, 1.165) is 16.0 Å². The topological polar surface area (TPSA) is 108 Å². The minimum Gasteiger partial charge on any atom is -0.507 e. The monoisotopic (exact) mass is 541 g/mol. The molecule has 0 aliphatic heterocycles. The Morgan fingerprint density at radius 3 is 2.20 bits per heavy atom. The second kappa shape index (κ2) is 12.9. The third-order valence-electron chi connectivity index (χ3n) is 6.12. The minimum atomic E-state index is -1.41. The van der Waals surface area contributed by atoms with Crippen LogP contribution in [0.4, 0.5) is 10.5 Å². The molecule has 0 heterocycles. The smallest absolute Gasteiger partial charge is 0.408 e. The quantitative estimate of drug-likeness (QED) is 0.267. The molecule has 2 unspecified atom stereocenters. The number of alkyl carbamates (subject to hydrolysis) is 1. The van der Waals surface area contributed by atoms with Crippen molar-refractivity contribution in [3.63, 3.8) is 0 Å². The van der Waals surface area contributed by atoms with E-state index in [1.165, 1.54) is 6.07 Å². The van der Waals surface area contributed by atoms with Gasteiger partial charge in [-0.05, 0) is 57.4 Å². The molecule has 3 aromatic carbocycles.